The second kappa shape index (κ2) is 12.4. The Balaban J connectivity index is 0.00000185. The van der Waals surface area contributed by atoms with Gasteiger partial charge in [-0.3, -0.25) is 0 Å². The summed E-state index contributed by atoms with van der Waals surface area (Å²) in [5, 5.41) is 0. The van der Waals surface area contributed by atoms with Gasteiger partial charge in [0.25, 0.3) is 0 Å². The van der Waals surface area contributed by atoms with Crippen molar-refractivity contribution in [3.05, 3.63) is 52.8 Å². The molecular weight excluding hydrogens is 445 g/mol. The van der Waals surface area contributed by atoms with Gasteiger partial charge in [-0.05, 0) is 29.5 Å². The quantitative estimate of drug-likeness (QED) is 0.403. The van der Waals surface area contributed by atoms with E-state index in [0.717, 1.165) is 55.2 Å². The van der Waals surface area contributed by atoms with Gasteiger partial charge in [-0.15, -0.1) is 6.04 Å². The summed E-state index contributed by atoms with van der Waals surface area (Å²) >= 11 is 1.82. The van der Waals surface area contributed by atoms with Crippen LogP contribution < -0.4 is 0 Å². The third-order valence-electron chi connectivity index (χ3n) is 4.48. The first-order valence-electron chi connectivity index (χ1n) is 8.35. The standard InChI is InChI=1S/C17H26N2O2S.CH3.ClH.Ru/c1-3-13-8-7-9-14(4-2)15(13)12-22(20,21)19-17-11-6-5-10-16(17)18;;;/h7-9,16-18H,3-6,10-12H2,1-2H3;1H3;1H;/q-2;-1;;+4/p-1. The molecule has 1 aliphatic carbocycles. The molecule has 1 fully saturated rings. The minimum absolute atomic E-state index is 0. The van der Waals surface area contributed by atoms with Gasteiger partial charge in [-0.1, -0.05) is 57.7 Å². The molecule has 1 aromatic carbocycles. The summed E-state index contributed by atoms with van der Waals surface area (Å²) in [7, 11) is 1.04. The maximum absolute atomic E-state index is 12.5. The van der Waals surface area contributed by atoms with Crippen molar-refractivity contribution in [1.29, 1.82) is 0 Å². The number of nitrogens with zero attached hydrogens (tertiary/aromatic N) is 1. The minimum atomic E-state index is -3.53. The predicted molar refractivity (Wildman–Crippen MR) is 104 cm³/mol. The Kier molecular flexibility index (Phi) is 12.4. The summed E-state index contributed by atoms with van der Waals surface area (Å²) in [6, 6.07) is 5.27. The summed E-state index contributed by atoms with van der Waals surface area (Å²) in [6.07, 6.45) is 5.12. The Morgan fingerprint density at radius 2 is 1.68 bits per heavy atom. The number of rotatable bonds is 6. The van der Waals surface area contributed by atoms with E-state index >= 15 is 0 Å². The number of nitrogens with one attached hydrogen (secondary N) is 1. The van der Waals surface area contributed by atoms with Crippen molar-refractivity contribution in [3.63, 3.8) is 0 Å². The van der Waals surface area contributed by atoms with Gasteiger partial charge in [-0.2, -0.15) is 6.04 Å². The van der Waals surface area contributed by atoms with Crippen LogP contribution in [0.25, 0.3) is 10.5 Å². The fraction of sp³-hybridized carbons (Fsp3) is 0.611. The molecule has 1 saturated carbocycles. The zero-order valence-electron chi connectivity index (χ0n) is 15.2. The molecule has 4 nitrogen and oxygen atoms in total. The first kappa shape index (κ1) is 25.0. The molecular formula is C18H29ClN2O2RuS. The second-order valence-electron chi connectivity index (χ2n) is 6.05. The molecule has 0 bridgehead atoms. The van der Waals surface area contributed by atoms with Gasteiger partial charge in [0.15, 0.2) is 0 Å². The van der Waals surface area contributed by atoms with Gasteiger partial charge >= 0.3 is 27.0 Å². The van der Waals surface area contributed by atoms with Gasteiger partial charge in [0.2, 0.25) is 0 Å². The van der Waals surface area contributed by atoms with E-state index in [0.29, 0.717) is 0 Å². The van der Waals surface area contributed by atoms with Crippen LogP contribution in [0, 0.1) is 7.43 Å². The number of sulfonamides is 1. The molecule has 1 aliphatic rings. The van der Waals surface area contributed by atoms with Crippen molar-refractivity contribution < 1.29 is 25.7 Å². The molecule has 0 radical (unpaired) electrons. The van der Waals surface area contributed by atoms with Crippen molar-refractivity contribution in [3.8, 4) is 0 Å². The van der Waals surface area contributed by atoms with Crippen LogP contribution in [0.15, 0.2) is 18.2 Å². The molecule has 0 amide bonds. The number of halogens is 1. The van der Waals surface area contributed by atoms with Crippen LogP contribution >= 0.6 is 9.69 Å². The summed E-state index contributed by atoms with van der Waals surface area (Å²) in [5.41, 5.74) is 11.1. The third-order valence-corrected chi connectivity index (χ3v) is 5.73. The zero-order valence-corrected chi connectivity index (χ0v) is 18.6. The summed E-state index contributed by atoms with van der Waals surface area (Å²) in [4.78, 5) is 0. The number of hydrogen-bond donors (Lipinski definition) is 0. The van der Waals surface area contributed by atoms with Crippen molar-refractivity contribution in [1.82, 2.24) is 0 Å². The van der Waals surface area contributed by atoms with E-state index in [1.807, 2.05) is 49.4 Å². The van der Waals surface area contributed by atoms with Crippen molar-refractivity contribution in [2.24, 2.45) is 0 Å². The van der Waals surface area contributed by atoms with E-state index in [9.17, 15) is 8.42 Å². The first-order chi connectivity index (χ1) is 11.5. The average molecular weight is 474 g/mol. The fourth-order valence-corrected chi connectivity index (χ4v) is 4.67. The molecule has 2 atom stereocenters. The second-order valence-corrected chi connectivity index (χ2v) is 7.72. The number of aryl methyl sites for hydroxylation is 2. The van der Waals surface area contributed by atoms with Crippen LogP contribution in [0.4, 0.5) is 0 Å². The molecule has 1 aromatic rings. The third kappa shape index (κ3) is 7.64. The molecule has 2 rings (SSSR count). The Morgan fingerprint density at radius 3 is 2.16 bits per heavy atom. The van der Waals surface area contributed by atoms with E-state index in [2.05, 4.69) is 14.4 Å². The molecule has 144 valence electrons. The van der Waals surface area contributed by atoms with Crippen molar-refractivity contribution in [2.45, 2.75) is 70.2 Å². The predicted octanol–water partition coefficient (Wildman–Crippen LogP) is 5.52. The van der Waals surface area contributed by atoms with E-state index in [1.54, 1.807) is 0 Å². The van der Waals surface area contributed by atoms with Crippen LogP contribution in [0.5, 0.6) is 0 Å². The van der Waals surface area contributed by atoms with Crippen LogP contribution in [0.1, 0.15) is 56.2 Å². The zero-order chi connectivity index (χ0) is 18.2. The Morgan fingerprint density at radius 1 is 1.16 bits per heavy atom. The van der Waals surface area contributed by atoms with E-state index in [1.165, 1.54) is 0 Å². The SMILES string of the molecule is CCc1cccc(CC)c1CS(=O)(=O)[N-]C1CCCCC1[NH-].[CH3-].[Cl][Ru+3]. The summed E-state index contributed by atoms with van der Waals surface area (Å²) in [5.74, 6) is -0.0244. The first-order valence-corrected chi connectivity index (χ1v) is 12.2. The Labute approximate surface area is 168 Å². The number of benzene rings is 1. The topological polar surface area (TPSA) is 72.0 Å². The Bertz CT molecular complexity index is 589. The molecule has 0 saturated heterocycles. The van der Waals surface area contributed by atoms with Crippen LogP contribution in [-0.4, -0.2) is 20.5 Å². The van der Waals surface area contributed by atoms with Gasteiger partial charge in [0.1, 0.15) is 0 Å². The van der Waals surface area contributed by atoms with E-state index in [-0.39, 0.29) is 25.3 Å². The Hall–Kier alpha value is 0.00338. The molecule has 0 aromatic heterocycles. The maximum atomic E-state index is 12.5. The molecule has 0 aliphatic heterocycles. The van der Waals surface area contributed by atoms with Crippen LogP contribution in [-0.2, 0) is 45.9 Å². The van der Waals surface area contributed by atoms with Crippen LogP contribution in [0.3, 0.4) is 0 Å². The van der Waals surface area contributed by atoms with Gasteiger partial charge < -0.3 is 17.9 Å². The summed E-state index contributed by atoms with van der Waals surface area (Å²) < 4.78 is 29.1. The van der Waals surface area contributed by atoms with E-state index in [4.69, 9.17) is 5.73 Å². The van der Waals surface area contributed by atoms with Gasteiger partial charge in [0.05, 0.1) is 15.8 Å². The fourth-order valence-electron chi connectivity index (χ4n) is 3.20. The van der Waals surface area contributed by atoms with E-state index < -0.39 is 10.0 Å². The molecule has 0 spiro atoms. The number of hydrogen-bond acceptors (Lipinski definition) is 2. The van der Waals surface area contributed by atoms with Crippen LogP contribution in [0.2, 0.25) is 0 Å². The molecule has 1 N–H and O–H groups in total. The normalized spacial score (nSPS) is 20.2. The van der Waals surface area contributed by atoms with Gasteiger partial charge in [-0.25, -0.2) is 8.42 Å². The molecule has 2 unspecified atom stereocenters. The van der Waals surface area contributed by atoms with Gasteiger partial charge in [0, 0.05) is 0 Å². The molecule has 7 heteroatoms. The molecule has 0 heterocycles. The monoisotopic (exact) mass is 474 g/mol. The van der Waals surface area contributed by atoms with Crippen molar-refractivity contribution >= 4 is 19.7 Å². The average Bonchev–Trinajstić information content (AvgIpc) is 2.58. The summed E-state index contributed by atoms with van der Waals surface area (Å²) in [6.45, 7) is 4.09. The van der Waals surface area contributed by atoms with Crippen molar-refractivity contribution in [2.75, 3.05) is 0 Å². The molecule has 25 heavy (non-hydrogen) atoms.